The average molecular weight is 426 g/mol. The molecule has 1 aromatic heterocycles. The lowest BCUT2D eigenvalue weighted by Gasteiger charge is -2.25. The fraction of sp³-hybridized carbons (Fsp3) is 0.667. The second-order valence-electron chi connectivity index (χ2n) is 6.92. The zero-order chi connectivity index (χ0) is 18.7. The van der Waals surface area contributed by atoms with Crippen LogP contribution < -0.4 is 15.4 Å². The molecule has 0 bridgehead atoms. The van der Waals surface area contributed by atoms with Crippen LogP contribution in [0.3, 0.4) is 0 Å². The minimum atomic E-state index is -0.142. The van der Waals surface area contributed by atoms with Crippen LogP contribution in [0, 0.1) is 0 Å². The molecule has 8 heteroatoms. The third kappa shape index (κ3) is 4.47. The lowest BCUT2D eigenvalue weighted by Crippen LogP contribution is -2.47. The number of pyridine rings is 1. The predicted octanol–water partition coefficient (Wildman–Crippen LogP) is 1.79. The molecule has 1 atom stereocenters. The van der Waals surface area contributed by atoms with Gasteiger partial charge in [0.2, 0.25) is 5.88 Å². The van der Waals surface area contributed by atoms with Gasteiger partial charge >= 0.3 is 0 Å². The molecule has 1 aliphatic carbocycles. The smallest absolute Gasteiger partial charge is 0.257 e. The third-order valence-electron chi connectivity index (χ3n) is 5.10. The Morgan fingerprint density at radius 1 is 1.38 bits per heavy atom. The van der Waals surface area contributed by atoms with Crippen LogP contribution in [0.5, 0.6) is 5.88 Å². The molecule has 0 spiro atoms. The van der Waals surface area contributed by atoms with Gasteiger partial charge in [-0.15, -0.1) is 0 Å². The number of ether oxygens (including phenoxy) is 1. The van der Waals surface area contributed by atoms with Gasteiger partial charge in [-0.05, 0) is 41.4 Å². The van der Waals surface area contributed by atoms with Gasteiger partial charge in [0.25, 0.3) is 5.91 Å². The van der Waals surface area contributed by atoms with E-state index < -0.39 is 0 Å². The second kappa shape index (κ2) is 8.54. The first-order valence-electron chi connectivity index (χ1n) is 9.25. The maximum absolute atomic E-state index is 12.9. The van der Waals surface area contributed by atoms with E-state index in [4.69, 9.17) is 4.74 Å². The molecule has 3 rings (SSSR count). The van der Waals surface area contributed by atoms with Crippen molar-refractivity contribution in [1.82, 2.24) is 20.1 Å². The Bertz CT molecular complexity index is 653. The van der Waals surface area contributed by atoms with E-state index in [2.05, 4.69) is 48.3 Å². The van der Waals surface area contributed by atoms with Crippen LogP contribution >= 0.6 is 15.9 Å². The molecule has 2 fully saturated rings. The number of amides is 1. The van der Waals surface area contributed by atoms with Crippen LogP contribution in [-0.4, -0.2) is 79.7 Å². The molecule has 2 N–H and O–H groups in total. The van der Waals surface area contributed by atoms with Gasteiger partial charge in [-0.3, -0.25) is 9.69 Å². The van der Waals surface area contributed by atoms with Crippen molar-refractivity contribution in [2.24, 2.45) is 0 Å². The van der Waals surface area contributed by atoms with Crippen LogP contribution in [0.4, 0.5) is 5.82 Å². The summed E-state index contributed by atoms with van der Waals surface area (Å²) in [4.78, 5) is 22.2. The lowest BCUT2D eigenvalue weighted by atomic mass is 10.2. The summed E-state index contributed by atoms with van der Waals surface area (Å²) in [6.45, 7) is 7.09. The van der Waals surface area contributed by atoms with Gasteiger partial charge in [-0.2, -0.15) is 4.98 Å². The molecule has 144 valence electrons. The van der Waals surface area contributed by atoms with E-state index in [1.807, 2.05) is 0 Å². The zero-order valence-corrected chi connectivity index (χ0v) is 17.3. The molecule has 7 nitrogen and oxygen atoms in total. The van der Waals surface area contributed by atoms with Gasteiger partial charge in [-0.25, -0.2) is 0 Å². The number of aromatic nitrogens is 1. The number of rotatable bonds is 6. The maximum Gasteiger partial charge on any atom is 0.257 e. The van der Waals surface area contributed by atoms with E-state index >= 15 is 0 Å². The molecular formula is C18H28BrN5O2. The van der Waals surface area contributed by atoms with Gasteiger partial charge in [-0.1, -0.05) is 6.92 Å². The molecule has 2 aliphatic rings. The normalized spacial score (nSPS) is 21.9. The van der Waals surface area contributed by atoms with Crippen molar-refractivity contribution in [2.45, 2.75) is 31.8 Å². The number of nitrogens with zero attached hydrogens (tertiary/aromatic N) is 3. The molecule has 1 amide bonds. The quantitative estimate of drug-likeness (QED) is 0.723. The Morgan fingerprint density at radius 3 is 2.77 bits per heavy atom. The summed E-state index contributed by atoms with van der Waals surface area (Å²) in [5.41, 5.74) is 0.448. The van der Waals surface area contributed by atoms with Crippen molar-refractivity contribution in [1.29, 1.82) is 0 Å². The van der Waals surface area contributed by atoms with E-state index in [-0.39, 0.29) is 11.9 Å². The SMILES string of the molecule is CCN1CCN(C2CC2)CC(NC(=O)c2cc(Br)c(NC)nc2OC)C1. The molecule has 2 heterocycles. The van der Waals surface area contributed by atoms with Crippen molar-refractivity contribution in [3.8, 4) is 5.88 Å². The number of nitrogens with one attached hydrogen (secondary N) is 2. The van der Waals surface area contributed by atoms with Gasteiger partial charge in [0.05, 0.1) is 17.6 Å². The number of carbonyl (C=O) groups excluding carboxylic acids is 1. The van der Waals surface area contributed by atoms with Crippen molar-refractivity contribution in [3.05, 3.63) is 16.1 Å². The topological polar surface area (TPSA) is 69.7 Å². The van der Waals surface area contributed by atoms with Gasteiger partial charge < -0.3 is 20.3 Å². The Hall–Kier alpha value is -1.38. The van der Waals surface area contributed by atoms with E-state index in [0.717, 1.165) is 37.2 Å². The molecular weight excluding hydrogens is 398 g/mol. The Balaban J connectivity index is 1.75. The molecule has 1 aliphatic heterocycles. The number of hydrogen-bond donors (Lipinski definition) is 2. The third-order valence-corrected chi connectivity index (χ3v) is 5.70. The first kappa shape index (κ1) is 19.4. The van der Waals surface area contributed by atoms with Crippen molar-refractivity contribution >= 4 is 27.7 Å². The summed E-state index contributed by atoms with van der Waals surface area (Å²) in [7, 11) is 3.31. The second-order valence-corrected chi connectivity index (χ2v) is 7.77. The van der Waals surface area contributed by atoms with E-state index in [1.54, 1.807) is 13.1 Å². The van der Waals surface area contributed by atoms with E-state index in [1.165, 1.54) is 20.0 Å². The molecule has 1 aromatic rings. The van der Waals surface area contributed by atoms with Crippen LogP contribution in [0.2, 0.25) is 0 Å². The zero-order valence-electron chi connectivity index (χ0n) is 15.7. The van der Waals surface area contributed by atoms with E-state index in [9.17, 15) is 4.79 Å². The summed E-state index contributed by atoms with van der Waals surface area (Å²) in [5.74, 6) is 0.830. The van der Waals surface area contributed by atoms with Crippen molar-refractivity contribution < 1.29 is 9.53 Å². The number of carbonyl (C=O) groups is 1. The summed E-state index contributed by atoms with van der Waals surface area (Å²) >= 11 is 3.46. The highest BCUT2D eigenvalue weighted by atomic mass is 79.9. The highest BCUT2D eigenvalue weighted by molar-refractivity contribution is 9.10. The number of hydrogen-bond acceptors (Lipinski definition) is 6. The molecule has 1 saturated carbocycles. The number of methoxy groups -OCH3 is 1. The lowest BCUT2D eigenvalue weighted by molar-refractivity contribution is 0.0918. The highest BCUT2D eigenvalue weighted by Crippen LogP contribution is 2.29. The minimum Gasteiger partial charge on any atom is -0.480 e. The molecule has 1 saturated heterocycles. The largest absolute Gasteiger partial charge is 0.480 e. The molecule has 1 unspecified atom stereocenters. The summed E-state index contributed by atoms with van der Waals surface area (Å²) in [5, 5.41) is 6.19. The van der Waals surface area contributed by atoms with Crippen LogP contribution in [0.25, 0.3) is 0 Å². The number of anilines is 1. The van der Waals surface area contributed by atoms with Gasteiger partial charge in [0, 0.05) is 39.3 Å². The fourth-order valence-electron chi connectivity index (χ4n) is 3.48. The monoisotopic (exact) mass is 425 g/mol. The number of likely N-dealkylation sites (N-methyl/N-ethyl adjacent to an activating group) is 1. The summed E-state index contributed by atoms with van der Waals surface area (Å²) in [6, 6.07) is 2.56. The Kier molecular flexibility index (Phi) is 6.37. The molecule has 0 radical (unpaired) electrons. The van der Waals surface area contributed by atoms with Gasteiger partial charge in [0.15, 0.2) is 0 Å². The Labute approximate surface area is 163 Å². The maximum atomic E-state index is 12.9. The van der Waals surface area contributed by atoms with Crippen molar-refractivity contribution in [2.75, 3.05) is 52.2 Å². The highest BCUT2D eigenvalue weighted by Gasteiger charge is 2.33. The fourth-order valence-corrected chi connectivity index (χ4v) is 4.00. The summed E-state index contributed by atoms with van der Waals surface area (Å²) < 4.78 is 6.07. The van der Waals surface area contributed by atoms with Crippen molar-refractivity contribution in [3.63, 3.8) is 0 Å². The molecule has 26 heavy (non-hydrogen) atoms. The number of halogens is 1. The first-order chi connectivity index (χ1) is 12.5. The standard InChI is InChI=1S/C18H28BrN5O2/c1-4-23-7-8-24(13-5-6-13)11-12(10-23)21-17(25)14-9-15(19)16(20-2)22-18(14)26-3/h9,12-13H,4-8,10-11H2,1-3H3,(H,20,22)(H,21,25). The first-order valence-corrected chi connectivity index (χ1v) is 10.0. The van der Waals surface area contributed by atoms with Crippen LogP contribution in [0.1, 0.15) is 30.1 Å². The minimum absolute atomic E-state index is 0.0954. The molecule has 0 aromatic carbocycles. The van der Waals surface area contributed by atoms with Crippen LogP contribution in [0.15, 0.2) is 10.5 Å². The summed E-state index contributed by atoms with van der Waals surface area (Å²) in [6.07, 6.45) is 2.56. The van der Waals surface area contributed by atoms with Gasteiger partial charge in [0.1, 0.15) is 11.4 Å². The Morgan fingerprint density at radius 2 is 2.15 bits per heavy atom. The van der Waals surface area contributed by atoms with E-state index in [0.29, 0.717) is 23.3 Å². The average Bonchev–Trinajstić information content (AvgIpc) is 3.48. The van der Waals surface area contributed by atoms with Crippen LogP contribution in [-0.2, 0) is 0 Å². The predicted molar refractivity (Wildman–Crippen MR) is 106 cm³/mol.